The molecule has 0 rings (SSSR count). The number of ether oxygens (including phenoxy) is 1. The monoisotopic (exact) mass is 212 g/mol. The Kier molecular flexibility index (Phi) is 6.11. The molecule has 0 aromatic heterocycles. The number of esters is 1. The van der Waals surface area contributed by atoms with E-state index in [9.17, 15) is 9.59 Å². The number of carbonyl (C=O) groups is 2. The number of hydrogen-bond donors (Lipinski definition) is 0. The molecule has 0 saturated carbocycles. The molecule has 0 amide bonds. The van der Waals surface area contributed by atoms with Crippen LogP contribution in [-0.4, -0.2) is 23.2 Å². The number of halogens is 2. The first-order valence-corrected chi connectivity index (χ1v) is 4.41. The van der Waals surface area contributed by atoms with E-state index in [1.807, 2.05) is 0 Å². The summed E-state index contributed by atoms with van der Waals surface area (Å²) >= 11 is 10.6. The molecule has 5 heteroatoms. The fourth-order valence-electron chi connectivity index (χ4n) is 0.682. The van der Waals surface area contributed by atoms with Gasteiger partial charge in [-0.25, -0.2) is 0 Å². The van der Waals surface area contributed by atoms with Gasteiger partial charge in [0, 0.05) is 12.8 Å². The number of hydrogen-bond acceptors (Lipinski definition) is 3. The van der Waals surface area contributed by atoms with Crippen LogP contribution < -0.4 is 0 Å². The molecule has 0 saturated heterocycles. The summed E-state index contributed by atoms with van der Waals surface area (Å²) in [6.45, 7) is 1.23. The summed E-state index contributed by atoms with van der Waals surface area (Å²) in [4.78, 5) is 21.1. The van der Waals surface area contributed by atoms with E-state index >= 15 is 0 Å². The van der Waals surface area contributed by atoms with E-state index in [4.69, 9.17) is 23.2 Å². The van der Waals surface area contributed by atoms with E-state index in [0.717, 1.165) is 0 Å². The summed E-state index contributed by atoms with van der Waals surface area (Å²) in [5.41, 5.74) is 0. The fraction of sp³-hybridized carbons (Fsp3) is 0.714. The Labute approximate surface area is 81.0 Å². The van der Waals surface area contributed by atoms with Gasteiger partial charge in [-0.1, -0.05) is 0 Å². The highest BCUT2D eigenvalue weighted by Crippen LogP contribution is 2.07. The van der Waals surface area contributed by atoms with Crippen LogP contribution in [0.2, 0.25) is 0 Å². The van der Waals surface area contributed by atoms with Gasteiger partial charge in [-0.3, -0.25) is 9.59 Å². The number of rotatable bonds is 5. The van der Waals surface area contributed by atoms with Crippen molar-refractivity contribution >= 4 is 34.4 Å². The third-order valence-corrected chi connectivity index (χ3v) is 1.67. The first kappa shape index (κ1) is 11.7. The van der Waals surface area contributed by atoms with Crippen LogP contribution >= 0.6 is 23.2 Å². The Balaban J connectivity index is 3.87. The van der Waals surface area contributed by atoms with Crippen molar-refractivity contribution in [3.63, 3.8) is 0 Å². The van der Waals surface area contributed by atoms with Crippen molar-refractivity contribution in [2.75, 3.05) is 5.88 Å². The Morgan fingerprint density at radius 3 is 2.42 bits per heavy atom. The van der Waals surface area contributed by atoms with Gasteiger partial charge in [0.25, 0.3) is 5.24 Å². The molecule has 0 aromatic carbocycles. The molecular weight excluding hydrogens is 203 g/mol. The van der Waals surface area contributed by atoms with Gasteiger partial charge in [0.2, 0.25) is 0 Å². The summed E-state index contributed by atoms with van der Waals surface area (Å²) in [7, 11) is 0. The predicted octanol–water partition coefficient (Wildman–Crippen LogP) is 1.70. The Hall–Kier alpha value is -0.280. The highest BCUT2D eigenvalue weighted by atomic mass is 35.5. The average Bonchev–Trinajstić information content (AvgIpc) is 1.96. The van der Waals surface area contributed by atoms with Gasteiger partial charge in [0.15, 0.2) is 6.10 Å². The lowest BCUT2D eigenvalue weighted by Gasteiger charge is -2.10. The minimum absolute atomic E-state index is 0.380. The fourth-order valence-corrected chi connectivity index (χ4v) is 0.990. The highest BCUT2D eigenvalue weighted by molar-refractivity contribution is 6.64. The van der Waals surface area contributed by atoms with E-state index in [-0.39, 0.29) is 0 Å². The molecular formula is C7H10Cl2O3. The van der Waals surface area contributed by atoms with Crippen LogP contribution in [0.15, 0.2) is 0 Å². The quantitative estimate of drug-likeness (QED) is 0.396. The summed E-state index contributed by atoms with van der Waals surface area (Å²) in [6.07, 6.45) is 0.131. The molecule has 1 atom stereocenters. The molecule has 3 nitrogen and oxygen atoms in total. The maximum atomic E-state index is 10.6. The van der Waals surface area contributed by atoms with Gasteiger partial charge in [0.05, 0.1) is 0 Å². The lowest BCUT2D eigenvalue weighted by Crippen LogP contribution is -2.22. The van der Waals surface area contributed by atoms with Gasteiger partial charge in [0.1, 0.15) is 0 Å². The first-order valence-electron chi connectivity index (χ1n) is 3.50. The molecule has 0 heterocycles. The van der Waals surface area contributed by atoms with Crippen molar-refractivity contribution < 1.29 is 14.3 Å². The van der Waals surface area contributed by atoms with Crippen molar-refractivity contribution in [1.29, 1.82) is 0 Å². The molecule has 0 aliphatic heterocycles. The van der Waals surface area contributed by atoms with Crippen LogP contribution in [-0.2, 0) is 14.3 Å². The second-order valence-corrected chi connectivity index (χ2v) is 2.98. The van der Waals surface area contributed by atoms with Gasteiger partial charge in [-0.05, 0) is 24.4 Å². The van der Waals surface area contributed by atoms with Crippen molar-refractivity contribution in [1.82, 2.24) is 0 Å². The molecule has 0 N–H and O–H groups in total. The molecule has 12 heavy (non-hydrogen) atoms. The Bertz CT molecular complexity index is 170. The van der Waals surface area contributed by atoms with Crippen molar-refractivity contribution in [2.24, 2.45) is 0 Å². The molecule has 0 fully saturated rings. The Morgan fingerprint density at radius 1 is 1.50 bits per heavy atom. The zero-order valence-electron chi connectivity index (χ0n) is 6.68. The maximum absolute atomic E-state index is 10.6. The summed E-state index contributed by atoms with van der Waals surface area (Å²) in [5.74, 6) is -0.0920. The smallest absolute Gasteiger partial charge is 0.303 e. The maximum Gasteiger partial charge on any atom is 0.303 e. The largest absolute Gasteiger partial charge is 0.453 e. The number of carbonyl (C=O) groups excluding carboxylic acids is 2. The van der Waals surface area contributed by atoms with Crippen LogP contribution in [0.4, 0.5) is 0 Å². The van der Waals surface area contributed by atoms with Crippen LogP contribution in [0.25, 0.3) is 0 Å². The van der Waals surface area contributed by atoms with Gasteiger partial charge in [-0.2, -0.15) is 0 Å². The molecule has 0 bridgehead atoms. The zero-order valence-corrected chi connectivity index (χ0v) is 8.19. The minimum Gasteiger partial charge on any atom is -0.453 e. The van der Waals surface area contributed by atoms with Gasteiger partial charge >= 0.3 is 5.97 Å². The third-order valence-electron chi connectivity index (χ3n) is 1.16. The molecule has 1 unspecified atom stereocenters. The molecule has 70 valence electrons. The van der Waals surface area contributed by atoms with Crippen LogP contribution in [0.1, 0.15) is 19.8 Å². The third kappa shape index (κ3) is 5.38. The average molecular weight is 213 g/mol. The van der Waals surface area contributed by atoms with Crippen molar-refractivity contribution in [2.45, 2.75) is 25.9 Å². The van der Waals surface area contributed by atoms with Crippen LogP contribution in [0, 0.1) is 0 Å². The van der Waals surface area contributed by atoms with Crippen LogP contribution in [0.3, 0.4) is 0 Å². The molecule has 0 aliphatic rings. The standard InChI is InChI=1S/C7H10Cl2O3/c1-5(10)12-6(7(9)11)3-2-4-8/h6H,2-4H2,1H3. The number of alkyl halides is 1. The normalized spacial score (nSPS) is 12.2. The second-order valence-electron chi connectivity index (χ2n) is 2.23. The zero-order chi connectivity index (χ0) is 9.56. The lowest BCUT2D eigenvalue weighted by atomic mass is 10.2. The highest BCUT2D eigenvalue weighted by Gasteiger charge is 2.18. The lowest BCUT2D eigenvalue weighted by molar-refractivity contribution is -0.150. The predicted molar refractivity (Wildman–Crippen MR) is 46.4 cm³/mol. The molecule has 0 spiro atoms. The van der Waals surface area contributed by atoms with Crippen molar-refractivity contribution in [3.05, 3.63) is 0 Å². The van der Waals surface area contributed by atoms with E-state index in [1.165, 1.54) is 6.92 Å². The van der Waals surface area contributed by atoms with E-state index < -0.39 is 17.3 Å². The SMILES string of the molecule is CC(=O)OC(CCCCl)C(=O)Cl. The summed E-state index contributed by atoms with van der Waals surface area (Å²) in [6, 6.07) is 0. The summed E-state index contributed by atoms with van der Waals surface area (Å²) < 4.78 is 4.63. The Morgan fingerprint density at radius 2 is 2.08 bits per heavy atom. The van der Waals surface area contributed by atoms with E-state index in [1.54, 1.807) is 0 Å². The summed E-state index contributed by atoms with van der Waals surface area (Å²) in [5, 5.41) is -0.657. The van der Waals surface area contributed by atoms with Gasteiger partial charge in [-0.15, -0.1) is 11.6 Å². The molecule has 0 aliphatic carbocycles. The molecule has 0 radical (unpaired) electrons. The minimum atomic E-state index is -0.845. The van der Waals surface area contributed by atoms with Gasteiger partial charge < -0.3 is 4.74 Å². The van der Waals surface area contributed by atoms with E-state index in [0.29, 0.717) is 18.7 Å². The van der Waals surface area contributed by atoms with E-state index in [2.05, 4.69) is 4.74 Å². The topological polar surface area (TPSA) is 43.4 Å². The first-order chi connectivity index (χ1) is 5.57. The van der Waals surface area contributed by atoms with Crippen LogP contribution in [0.5, 0.6) is 0 Å². The van der Waals surface area contributed by atoms with Crippen molar-refractivity contribution in [3.8, 4) is 0 Å². The molecule has 0 aromatic rings. The second kappa shape index (κ2) is 6.26.